The highest BCUT2D eigenvalue weighted by molar-refractivity contribution is 7.98. The number of hydrogen-bond donors (Lipinski definition) is 0. The molecule has 4 heteroatoms. The first-order valence-electron chi connectivity index (χ1n) is 10.9. The van der Waals surface area contributed by atoms with E-state index in [1.54, 1.807) is 11.8 Å². The number of fused-ring (bicyclic) bond motifs is 1. The fourth-order valence-electron chi connectivity index (χ4n) is 4.08. The number of thioether (sulfide) groups is 1. The minimum atomic E-state index is 0.622. The van der Waals surface area contributed by atoms with E-state index < -0.39 is 0 Å². The molecular weight excluding hydrogens is 388 g/mol. The maximum absolute atomic E-state index is 5.89. The maximum atomic E-state index is 5.89. The van der Waals surface area contributed by atoms with Crippen molar-refractivity contribution in [1.29, 1.82) is 0 Å². The van der Waals surface area contributed by atoms with Gasteiger partial charge in [0.2, 0.25) is 0 Å². The molecule has 3 aromatic rings. The Morgan fingerprint density at radius 1 is 0.900 bits per heavy atom. The molecule has 0 saturated carbocycles. The Kier molecular flexibility index (Phi) is 7.44. The third kappa shape index (κ3) is 5.24. The second kappa shape index (κ2) is 10.6. The van der Waals surface area contributed by atoms with Crippen LogP contribution in [0.2, 0.25) is 0 Å². The molecular formula is C26H30N2OS. The van der Waals surface area contributed by atoms with Crippen molar-refractivity contribution in [3.63, 3.8) is 0 Å². The Balaban J connectivity index is 1.59. The highest BCUT2D eigenvalue weighted by Gasteiger charge is 2.13. The molecule has 1 heterocycles. The normalized spacial score (nSPS) is 15.8. The van der Waals surface area contributed by atoms with E-state index in [9.17, 15) is 0 Å². The smallest absolute Gasteiger partial charge is 0.129 e. The summed E-state index contributed by atoms with van der Waals surface area (Å²) in [6.45, 7) is 3.92. The lowest BCUT2D eigenvalue weighted by Crippen LogP contribution is -2.28. The van der Waals surface area contributed by atoms with Gasteiger partial charge in [-0.1, -0.05) is 72.6 Å². The molecule has 0 unspecified atom stereocenters. The topological polar surface area (TPSA) is 24.8 Å². The van der Waals surface area contributed by atoms with Crippen LogP contribution < -0.4 is 0 Å². The first-order valence-corrected chi connectivity index (χ1v) is 12.1. The third-order valence-electron chi connectivity index (χ3n) is 5.76. The lowest BCUT2D eigenvalue weighted by Gasteiger charge is -2.18. The monoisotopic (exact) mass is 418 g/mol. The molecule has 1 saturated heterocycles. The van der Waals surface area contributed by atoms with Gasteiger partial charge in [-0.3, -0.25) is 4.90 Å². The number of oxime groups is 1. The van der Waals surface area contributed by atoms with Crippen molar-refractivity contribution in [2.45, 2.75) is 30.6 Å². The zero-order valence-corrected chi connectivity index (χ0v) is 18.5. The summed E-state index contributed by atoms with van der Waals surface area (Å²) in [4.78, 5) is 9.65. The summed E-state index contributed by atoms with van der Waals surface area (Å²) in [5, 5.41) is 7.07. The second-order valence-corrected chi connectivity index (χ2v) is 8.66. The first kappa shape index (κ1) is 21.0. The molecule has 0 aromatic heterocycles. The van der Waals surface area contributed by atoms with Crippen LogP contribution in [-0.4, -0.2) is 43.1 Å². The van der Waals surface area contributed by atoms with E-state index in [-0.39, 0.29) is 0 Å². The fourth-order valence-corrected chi connectivity index (χ4v) is 4.49. The predicted octanol–water partition coefficient (Wildman–Crippen LogP) is 6.21. The molecule has 1 aliphatic heterocycles. The molecule has 0 spiro atoms. The van der Waals surface area contributed by atoms with Crippen molar-refractivity contribution < 1.29 is 4.84 Å². The lowest BCUT2D eigenvalue weighted by atomic mass is 9.97. The minimum Gasteiger partial charge on any atom is -0.394 e. The molecule has 3 nitrogen and oxygen atoms in total. The molecule has 0 atom stereocenters. The SMILES string of the molecule is CSc1ccc(/C(=N/OCCN2CCCCCC2)c2cccc3ccccc23)cc1. The fraction of sp³-hybridized carbons (Fsp3) is 0.346. The predicted molar refractivity (Wildman–Crippen MR) is 129 cm³/mol. The van der Waals surface area contributed by atoms with E-state index in [4.69, 9.17) is 4.84 Å². The second-order valence-electron chi connectivity index (χ2n) is 7.78. The summed E-state index contributed by atoms with van der Waals surface area (Å²) in [7, 11) is 0. The summed E-state index contributed by atoms with van der Waals surface area (Å²) >= 11 is 1.75. The first-order chi connectivity index (χ1) is 14.8. The van der Waals surface area contributed by atoms with Crippen molar-refractivity contribution in [2.24, 2.45) is 5.16 Å². The van der Waals surface area contributed by atoms with Gasteiger partial charge in [0.05, 0.1) is 0 Å². The van der Waals surface area contributed by atoms with Crippen LogP contribution in [0.1, 0.15) is 36.8 Å². The van der Waals surface area contributed by atoms with Gasteiger partial charge in [0.1, 0.15) is 12.3 Å². The Morgan fingerprint density at radius 2 is 1.63 bits per heavy atom. The molecule has 0 aliphatic carbocycles. The van der Waals surface area contributed by atoms with Gasteiger partial charge in [-0.2, -0.15) is 0 Å². The molecule has 1 aliphatic rings. The standard InChI is InChI=1S/C26H30N2OS/c1-30-23-15-13-22(14-16-23)26(25-12-8-10-21-9-4-5-11-24(21)25)27-29-20-19-28-17-6-2-3-7-18-28/h4-5,8-16H,2-3,6-7,17-20H2,1H3/b27-26-. The van der Waals surface area contributed by atoms with Crippen LogP contribution in [0.25, 0.3) is 10.8 Å². The Labute approximate surface area is 184 Å². The van der Waals surface area contributed by atoms with Gasteiger partial charge in [-0.25, -0.2) is 0 Å². The molecule has 0 N–H and O–H groups in total. The van der Waals surface area contributed by atoms with Crippen molar-refractivity contribution in [3.05, 3.63) is 77.9 Å². The summed E-state index contributed by atoms with van der Waals surface area (Å²) in [5.41, 5.74) is 3.09. The number of benzene rings is 3. The van der Waals surface area contributed by atoms with Gasteiger partial charge >= 0.3 is 0 Å². The van der Waals surface area contributed by atoms with Crippen LogP contribution >= 0.6 is 11.8 Å². The van der Waals surface area contributed by atoms with Gasteiger partial charge in [-0.15, -0.1) is 11.8 Å². The number of likely N-dealkylation sites (tertiary alicyclic amines) is 1. The minimum absolute atomic E-state index is 0.622. The van der Waals surface area contributed by atoms with Crippen molar-refractivity contribution in [1.82, 2.24) is 4.90 Å². The van der Waals surface area contributed by atoms with Gasteiger partial charge in [-0.05, 0) is 55.1 Å². The molecule has 156 valence electrons. The van der Waals surface area contributed by atoms with E-state index in [0.29, 0.717) is 6.61 Å². The van der Waals surface area contributed by atoms with E-state index in [1.807, 2.05) is 0 Å². The van der Waals surface area contributed by atoms with Crippen LogP contribution in [0.15, 0.2) is 76.8 Å². The van der Waals surface area contributed by atoms with Crippen LogP contribution in [0.3, 0.4) is 0 Å². The van der Waals surface area contributed by atoms with Crippen molar-refractivity contribution in [3.8, 4) is 0 Å². The Morgan fingerprint density at radius 3 is 2.40 bits per heavy atom. The van der Waals surface area contributed by atoms with Gasteiger partial charge in [0, 0.05) is 22.6 Å². The van der Waals surface area contributed by atoms with E-state index in [2.05, 4.69) is 83.0 Å². The van der Waals surface area contributed by atoms with Crippen LogP contribution in [0.5, 0.6) is 0 Å². The van der Waals surface area contributed by atoms with E-state index >= 15 is 0 Å². The third-order valence-corrected chi connectivity index (χ3v) is 6.51. The van der Waals surface area contributed by atoms with Crippen LogP contribution in [0, 0.1) is 0 Å². The molecule has 30 heavy (non-hydrogen) atoms. The molecule has 0 bridgehead atoms. The molecule has 3 aromatic carbocycles. The Hall–Kier alpha value is -2.30. The molecule has 1 fully saturated rings. The van der Waals surface area contributed by atoms with E-state index in [1.165, 1.54) is 54.4 Å². The maximum Gasteiger partial charge on any atom is 0.129 e. The highest BCUT2D eigenvalue weighted by atomic mass is 32.2. The molecule has 0 amide bonds. The van der Waals surface area contributed by atoms with Crippen molar-refractivity contribution >= 4 is 28.2 Å². The van der Waals surface area contributed by atoms with Gasteiger partial charge in [0.25, 0.3) is 0 Å². The molecule has 4 rings (SSSR count). The summed E-state index contributed by atoms with van der Waals surface area (Å²) in [5.74, 6) is 0. The largest absolute Gasteiger partial charge is 0.394 e. The number of rotatable bonds is 7. The molecule has 0 radical (unpaired) electrons. The van der Waals surface area contributed by atoms with Crippen molar-refractivity contribution in [2.75, 3.05) is 32.5 Å². The average Bonchev–Trinajstić information content (AvgIpc) is 3.08. The summed E-state index contributed by atoms with van der Waals surface area (Å²) in [6, 6.07) is 23.4. The van der Waals surface area contributed by atoms with Crippen LogP contribution in [0.4, 0.5) is 0 Å². The quantitative estimate of drug-likeness (QED) is 0.197. The number of nitrogens with zero attached hydrogens (tertiary/aromatic N) is 2. The zero-order valence-electron chi connectivity index (χ0n) is 17.7. The number of hydrogen-bond acceptors (Lipinski definition) is 4. The zero-order chi connectivity index (χ0) is 20.6. The van der Waals surface area contributed by atoms with Crippen LogP contribution in [-0.2, 0) is 4.84 Å². The van der Waals surface area contributed by atoms with Gasteiger partial charge in [0.15, 0.2) is 0 Å². The average molecular weight is 419 g/mol. The van der Waals surface area contributed by atoms with E-state index in [0.717, 1.165) is 23.4 Å². The Bertz CT molecular complexity index is 970. The summed E-state index contributed by atoms with van der Waals surface area (Å²) in [6.07, 6.45) is 7.40. The highest BCUT2D eigenvalue weighted by Crippen LogP contribution is 2.24. The summed E-state index contributed by atoms with van der Waals surface area (Å²) < 4.78 is 0. The van der Waals surface area contributed by atoms with Gasteiger partial charge < -0.3 is 4.84 Å². The lowest BCUT2D eigenvalue weighted by molar-refractivity contribution is 0.112.